The molecule has 0 bridgehead atoms. The third kappa shape index (κ3) is 2.79. The standard InChI is InChI=1S/C15H19NO5/c1-19-13-9-8-11(14(20-2)15(13)21-3)10-6-4-5-7-12(10)16(17)18/h4-5,8-10,12H,6-7H2,1-3H3/t10?,12-/m1/s1. The number of hydrogen-bond donors (Lipinski definition) is 0. The Balaban J connectivity index is 2.52. The molecule has 1 unspecified atom stereocenters. The van der Waals surface area contributed by atoms with Gasteiger partial charge in [-0.25, -0.2) is 0 Å². The van der Waals surface area contributed by atoms with Crippen molar-refractivity contribution in [3.05, 3.63) is 40.0 Å². The molecule has 0 aliphatic heterocycles. The predicted molar refractivity (Wildman–Crippen MR) is 78.0 cm³/mol. The largest absolute Gasteiger partial charge is 0.493 e. The van der Waals surface area contributed by atoms with Crippen molar-refractivity contribution in [1.29, 1.82) is 0 Å². The lowest BCUT2D eigenvalue weighted by Gasteiger charge is -2.25. The second-order valence-electron chi connectivity index (χ2n) is 4.83. The van der Waals surface area contributed by atoms with Crippen molar-refractivity contribution in [2.45, 2.75) is 24.8 Å². The quantitative estimate of drug-likeness (QED) is 0.474. The summed E-state index contributed by atoms with van der Waals surface area (Å²) in [5.74, 6) is 1.28. The number of methoxy groups -OCH3 is 3. The van der Waals surface area contributed by atoms with Gasteiger partial charge in [0, 0.05) is 16.9 Å². The third-order valence-corrected chi connectivity index (χ3v) is 3.80. The van der Waals surface area contributed by atoms with Crippen LogP contribution >= 0.6 is 0 Å². The van der Waals surface area contributed by atoms with E-state index in [-0.39, 0.29) is 10.8 Å². The molecule has 0 saturated carbocycles. The number of ether oxygens (including phenoxy) is 3. The number of hydrogen-bond acceptors (Lipinski definition) is 5. The molecule has 1 aromatic rings. The van der Waals surface area contributed by atoms with E-state index in [1.54, 1.807) is 13.2 Å². The maximum absolute atomic E-state index is 11.3. The van der Waals surface area contributed by atoms with Gasteiger partial charge in [0.1, 0.15) is 0 Å². The molecule has 0 N–H and O–H groups in total. The average molecular weight is 293 g/mol. The lowest BCUT2D eigenvalue weighted by atomic mass is 9.83. The van der Waals surface area contributed by atoms with Gasteiger partial charge < -0.3 is 14.2 Å². The summed E-state index contributed by atoms with van der Waals surface area (Å²) >= 11 is 0. The van der Waals surface area contributed by atoms with Crippen molar-refractivity contribution < 1.29 is 19.1 Å². The Kier molecular flexibility index (Phi) is 4.67. The zero-order valence-electron chi connectivity index (χ0n) is 12.4. The first-order valence-electron chi connectivity index (χ1n) is 6.71. The molecule has 0 heterocycles. The highest BCUT2D eigenvalue weighted by molar-refractivity contribution is 5.57. The van der Waals surface area contributed by atoms with Crippen LogP contribution in [0.5, 0.6) is 17.2 Å². The van der Waals surface area contributed by atoms with Gasteiger partial charge in [-0.2, -0.15) is 0 Å². The number of nitro groups is 1. The molecule has 2 rings (SSSR count). The fraction of sp³-hybridized carbons (Fsp3) is 0.467. The van der Waals surface area contributed by atoms with Crippen LogP contribution in [0.25, 0.3) is 0 Å². The first-order valence-corrected chi connectivity index (χ1v) is 6.71. The fourth-order valence-corrected chi connectivity index (χ4v) is 2.78. The molecular formula is C15H19NO5. The van der Waals surface area contributed by atoms with E-state index in [1.807, 2.05) is 18.2 Å². The molecule has 1 aliphatic carbocycles. The number of nitrogens with zero attached hydrogens (tertiary/aromatic N) is 1. The first-order chi connectivity index (χ1) is 10.1. The Bertz CT molecular complexity index is 555. The van der Waals surface area contributed by atoms with E-state index in [0.29, 0.717) is 30.1 Å². The zero-order chi connectivity index (χ0) is 15.4. The van der Waals surface area contributed by atoms with Crippen LogP contribution in [0.4, 0.5) is 0 Å². The molecule has 114 valence electrons. The average Bonchev–Trinajstić information content (AvgIpc) is 2.53. The van der Waals surface area contributed by atoms with Crippen molar-refractivity contribution in [1.82, 2.24) is 0 Å². The first kappa shape index (κ1) is 15.2. The highest BCUT2D eigenvalue weighted by atomic mass is 16.6. The van der Waals surface area contributed by atoms with Crippen LogP contribution < -0.4 is 14.2 Å². The Morgan fingerprint density at radius 2 is 1.71 bits per heavy atom. The Morgan fingerprint density at radius 3 is 2.29 bits per heavy atom. The van der Waals surface area contributed by atoms with Gasteiger partial charge in [0.25, 0.3) is 0 Å². The normalized spacial score (nSPS) is 20.9. The number of allylic oxidation sites excluding steroid dienone is 1. The van der Waals surface area contributed by atoms with Gasteiger partial charge in [-0.1, -0.05) is 18.2 Å². The Labute approximate surface area is 123 Å². The molecule has 0 fully saturated rings. The molecule has 2 atom stereocenters. The fourth-order valence-electron chi connectivity index (χ4n) is 2.78. The van der Waals surface area contributed by atoms with Crippen molar-refractivity contribution in [2.75, 3.05) is 21.3 Å². The minimum Gasteiger partial charge on any atom is -0.493 e. The van der Waals surface area contributed by atoms with E-state index in [1.165, 1.54) is 14.2 Å². The number of benzene rings is 1. The molecule has 0 spiro atoms. The summed E-state index contributed by atoms with van der Waals surface area (Å²) in [5, 5.41) is 11.3. The molecule has 6 heteroatoms. The van der Waals surface area contributed by atoms with E-state index >= 15 is 0 Å². The molecule has 1 aliphatic rings. The minimum atomic E-state index is -0.651. The maximum atomic E-state index is 11.3. The lowest BCUT2D eigenvalue weighted by Crippen LogP contribution is -2.29. The SMILES string of the molecule is COc1ccc(C2CC=CC[C@H]2[N+](=O)[O-])c(OC)c1OC. The highest BCUT2D eigenvalue weighted by Crippen LogP contribution is 2.45. The molecule has 21 heavy (non-hydrogen) atoms. The molecule has 0 amide bonds. The van der Waals surface area contributed by atoms with Gasteiger partial charge >= 0.3 is 0 Å². The molecular weight excluding hydrogens is 274 g/mol. The van der Waals surface area contributed by atoms with E-state index < -0.39 is 6.04 Å². The van der Waals surface area contributed by atoms with E-state index in [4.69, 9.17) is 14.2 Å². The summed E-state index contributed by atoms with van der Waals surface area (Å²) in [4.78, 5) is 11.1. The Hall–Kier alpha value is -2.24. The van der Waals surface area contributed by atoms with E-state index in [2.05, 4.69) is 0 Å². The van der Waals surface area contributed by atoms with Gasteiger partial charge in [0.05, 0.1) is 27.2 Å². The second kappa shape index (κ2) is 6.47. The van der Waals surface area contributed by atoms with Gasteiger partial charge in [-0.3, -0.25) is 10.1 Å². The minimum absolute atomic E-state index is 0.218. The smallest absolute Gasteiger partial charge is 0.223 e. The van der Waals surface area contributed by atoms with E-state index in [0.717, 1.165) is 5.56 Å². The van der Waals surface area contributed by atoms with Crippen molar-refractivity contribution in [3.8, 4) is 17.2 Å². The maximum Gasteiger partial charge on any atom is 0.223 e. The third-order valence-electron chi connectivity index (χ3n) is 3.80. The second-order valence-corrected chi connectivity index (χ2v) is 4.83. The van der Waals surface area contributed by atoms with Crippen molar-refractivity contribution in [3.63, 3.8) is 0 Å². The van der Waals surface area contributed by atoms with Crippen LogP contribution in [0.3, 0.4) is 0 Å². The predicted octanol–water partition coefficient (Wildman–Crippen LogP) is 2.79. The lowest BCUT2D eigenvalue weighted by molar-refractivity contribution is -0.526. The van der Waals surface area contributed by atoms with Crippen molar-refractivity contribution in [2.24, 2.45) is 0 Å². The van der Waals surface area contributed by atoms with Crippen LogP contribution in [0.1, 0.15) is 24.3 Å². The summed E-state index contributed by atoms with van der Waals surface area (Å²) in [6.07, 6.45) is 4.87. The van der Waals surface area contributed by atoms with Crippen LogP contribution in [-0.4, -0.2) is 32.3 Å². The zero-order valence-corrected chi connectivity index (χ0v) is 12.4. The molecule has 1 aromatic carbocycles. The van der Waals surface area contributed by atoms with E-state index in [9.17, 15) is 10.1 Å². The molecule has 0 saturated heterocycles. The summed E-state index contributed by atoms with van der Waals surface area (Å²) in [5.41, 5.74) is 0.779. The van der Waals surface area contributed by atoms with Crippen LogP contribution in [0.15, 0.2) is 24.3 Å². The van der Waals surface area contributed by atoms with Crippen molar-refractivity contribution >= 4 is 0 Å². The van der Waals surface area contributed by atoms with Crippen LogP contribution in [0.2, 0.25) is 0 Å². The summed E-state index contributed by atoms with van der Waals surface area (Å²) in [7, 11) is 4.59. The molecule has 6 nitrogen and oxygen atoms in total. The highest BCUT2D eigenvalue weighted by Gasteiger charge is 2.36. The van der Waals surface area contributed by atoms with Crippen LogP contribution in [-0.2, 0) is 0 Å². The summed E-state index contributed by atoms with van der Waals surface area (Å²) in [6, 6.07) is 2.92. The number of rotatable bonds is 5. The van der Waals surface area contributed by atoms with Gasteiger partial charge in [0.2, 0.25) is 11.8 Å². The van der Waals surface area contributed by atoms with Gasteiger partial charge in [-0.05, 0) is 12.5 Å². The van der Waals surface area contributed by atoms with Gasteiger partial charge in [-0.15, -0.1) is 0 Å². The summed E-state index contributed by atoms with van der Waals surface area (Å²) in [6.45, 7) is 0. The Morgan fingerprint density at radius 1 is 1.05 bits per heavy atom. The van der Waals surface area contributed by atoms with Gasteiger partial charge in [0.15, 0.2) is 11.5 Å². The summed E-state index contributed by atoms with van der Waals surface area (Å²) < 4.78 is 16.0. The molecule has 0 radical (unpaired) electrons. The topological polar surface area (TPSA) is 70.8 Å². The van der Waals surface area contributed by atoms with Crippen LogP contribution in [0, 0.1) is 10.1 Å². The molecule has 0 aromatic heterocycles. The monoisotopic (exact) mass is 293 g/mol.